The van der Waals surface area contributed by atoms with E-state index in [4.69, 9.17) is 8.83 Å². The largest absolute Gasteiger partial charge is 0.444 e. The highest BCUT2D eigenvalue weighted by Gasteiger charge is 2.15. The van der Waals surface area contributed by atoms with Crippen LogP contribution in [-0.2, 0) is 0 Å². The topological polar surface area (TPSA) is 64.1 Å². The summed E-state index contributed by atoms with van der Waals surface area (Å²) in [5.74, 6) is 1.52. The van der Waals surface area contributed by atoms with E-state index in [1.54, 1.807) is 12.1 Å². The molecule has 0 saturated heterocycles. The molecule has 0 aromatic carbocycles. The number of nitrogens with zero attached hydrogens (tertiary/aromatic N) is 2. The Hall–Kier alpha value is -1.14. The van der Waals surface area contributed by atoms with E-state index in [2.05, 4.69) is 31.4 Å². The molecule has 1 N–H and O–H groups in total. The lowest BCUT2D eigenvalue weighted by molar-refractivity contribution is 0.419. The SMILES string of the molecule is CCNC(C)c1nnc(-c2ccc(Br)o2)o1. The first kappa shape index (κ1) is 11.3. The lowest BCUT2D eigenvalue weighted by Crippen LogP contribution is -2.17. The summed E-state index contributed by atoms with van der Waals surface area (Å²) >= 11 is 3.22. The van der Waals surface area contributed by atoms with E-state index in [-0.39, 0.29) is 6.04 Å². The van der Waals surface area contributed by atoms with Gasteiger partial charge in [-0.15, -0.1) is 10.2 Å². The van der Waals surface area contributed by atoms with Crippen molar-refractivity contribution in [1.29, 1.82) is 0 Å². The molecule has 2 heterocycles. The Morgan fingerprint density at radius 1 is 1.38 bits per heavy atom. The Morgan fingerprint density at radius 2 is 2.19 bits per heavy atom. The second-order valence-corrected chi connectivity index (χ2v) is 4.11. The number of nitrogens with one attached hydrogen (secondary N) is 1. The minimum atomic E-state index is 0.0460. The maximum absolute atomic E-state index is 5.50. The Balaban J connectivity index is 2.19. The van der Waals surface area contributed by atoms with Crippen molar-refractivity contribution >= 4 is 15.9 Å². The van der Waals surface area contributed by atoms with E-state index in [0.29, 0.717) is 22.2 Å². The first-order chi connectivity index (χ1) is 7.70. The third-order valence-corrected chi connectivity index (χ3v) is 2.53. The zero-order chi connectivity index (χ0) is 11.5. The third-order valence-electron chi connectivity index (χ3n) is 2.11. The maximum atomic E-state index is 5.50. The second kappa shape index (κ2) is 4.80. The summed E-state index contributed by atoms with van der Waals surface area (Å²) in [6, 6.07) is 3.61. The number of halogens is 1. The molecule has 1 atom stereocenters. The normalized spacial score (nSPS) is 12.9. The van der Waals surface area contributed by atoms with Crippen LogP contribution in [0.5, 0.6) is 0 Å². The average Bonchev–Trinajstić information content (AvgIpc) is 2.85. The van der Waals surface area contributed by atoms with Crippen LogP contribution in [0.4, 0.5) is 0 Å². The number of rotatable bonds is 4. The molecule has 0 spiro atoms. The van der Waals surface area contributed by atoms with Crippen LogP contribution in [0.25, 0.3) is 11.7 Å². The van der Waals surface area contributed by atoms with Crippen LogP contribution >= 0.6 is 15.9 Å². The van der Waals surface area contributed by atoms with Gasteiger partial charge in [-0.3, -0.25) is 0 Å². The Kier molecular flexibility index (Phi) is 3.40. The Morgan fingerprint density at radius 3 is 2.81 bits per heavy atom. The smallest absolute Gasteiger partial charge is 0.283 e. The molecule has 5 nitrogen and oxygen atoms in total. The van der Waals surface area contributed by atoms with Gasteiger partial charge in [0.05, 0.1) is 6.04 Å². The van der Waals surface area contributed by atoms with Gasteiger partial charge in [-0.2, -0.15) is 0 Å². The van der Waals surface area contributed by atoms with Crippen molar-refractivity contribution in [3.63, 3.8) is 0 Å². The van der Waals surface area contributed by atoms with Gasteiger partial charge in [-0.25, -0.2) is 0 Å². The van der Waals surface area contributed by atoms with Crippen LogP contribution in [0.3, 0.4) is 0 Å². The summed E-state index contributed by atoms with van der Waals surface area (Å²) in [5.41, 5.74) is 0. The monoisotopic (exact) mass is 285 g/mol. The van der Waals surface area contributed by atoms with Crippen molar-refractivity contribution in [3.05, 3.63) is 22.7 Å². The molecule has 0 amide bonds. The summed E-state index contributed by atoms with van der Waals surface area (Å²) in [4.78, 5) is 0. The van der Waals surface area contributed by atoms with Crippen molar-refractivity contribution in [1.82, 2.24) is 15.5 Å². The van der Waals surface area contributed by atoms with Crippen molar-refractivity contribution in [2.75, 3.05) is 6.54 Å². The average molecular weight is 286 g/mol. The number of hydrogen-bond donors (Lipinski definition) is 1. The summed E-state index contributed by atoms with van der Waals surface area (Å²) in [7, 11) is 0. The van der Waals surface area contributed by atoms with E-state index >= 15 is 0 Å². The molecule has 0 aliphatic rings. The molecule has 1 unspecified atom stereocenters. The maximum Gasteiger partial charge on any atom is 0.283 e. The first-order valence-corrected chi connectivity index (χ1v) is 5.82. The fourth-order valence-electron chi connectivity index (χ4n) is 1.33. The summed E-state index contributed by atoms with van der Waals surface area (Å²) < 4.78 is 11.5. The third kappa shape index (κ3) is 2.33. The van der Waals surface area contributed by atoms with Gasteiger partial charge in [0.1, 0.15) is 0 Å². The van der Waals surface area contributed by atoms with Crippen LogP contribution in [0.1, 0.15) is 25.8 Å². The molecule has 6 heteroatoms. The van der Waals surface area contributed by atoms with Gasteiger partial charge in [0.2, 0.25) is 5.89 Å². The van der Waals surface area contributed by atoms with Crippen molar-refractivity contribution < 1.29 is 8.83 Å². The second-order valence-electron chi connectivity index (χ2n) is 3.33. The summed E-state index contributed by atoms with van der Waals surface area (Å²) in [5, 5.41) is 11.1. The predicted octanol–water partition coefficient (Wildman–Crippen LogP) is 2.76. The van der Waals surface area contributed by atoms with Gasteiger partial charge in [-0.1, -0.05) is 6.92 Å². The quantitative estimate of drug-likeness (QED) is 0.936. The van der Waals surface area contributed by atoms with Crippen LogP contribution in [0, 0.1) is 0 Å². The van der Waals surface area contributed by atoms with E-state index in [0.717, 1.165) is 6.54 Å². The molecule has 0 bridgehead atoms. The van der Waals surface area contributed by atoms with Gasteiger partial charge in [0.25, 0.3) is 5.89 Å². The van der Waals surface area contributed by atoms with E-state index < -0.39 is 0 Å². The minimum absolute atomic E-state index is 0.0460. The Labute approximate surface area is 101 Å². The molecule has 86 valence electrons. The van der Waals surface area contributed by atoms with Crippen LogP contribution in [0.2, 0.25) is 0 Å². The van der Waals surface area contributed by atoms with E-state index in [1.807, 2.05) is 13.8 Å². The number of aromatic nitrogens is 2. The van der Waals surface area contributed by atoms with Crippen LogP contribution in [0.15, 0.2) is 25.6 Å². The van der Waals surface area contributed by atoms with Crippen LogP contribution in [-0.4, -0.2) is 16.7 Å². The van der Waals surface area contributed by atoms with Gasteiger partial charge >= 0.3 is 0 Å². The highest BCUT2D eigenvalue weighted by Crippen LogP contribution is 2.24. The first-order valence-electron chi connectivity index (χ1n) is 5.03. The predicted molar refractivity (Wildman–Crippen MR) is 61.8 cm³/mol. The molecule has 0 radical (unpaired) electrons. The lowest BCUT2D eigenvalue weighted by atomic mass is 10.3. The molecule has 0 aliphatic carbocycles. The molecule has 0 saturated carbocycles. The standard InChI is InChI=1S/C10H12BrN3O2/c1-3-12-6(2)9-13-14-10(16-9)7-4-5-8(11)15-7/h4-6,12H,3H2,1-2H3. The molecule has 0 aliphatic heterocycles. The van der Waals surface area contributed by atoms with Crippen molar-refractivity contribution in [2.24, 2.45) is 0 Å². The fraction of sp³-hybridized carbons (Fsp3) is 0.400. The summed E-state index contributed by atoms with van der Waals surface area (Å²) in [6.07, 6.45) is 0. The molecule has 2 aromatic rings. The minimum Gasteiger partial charge on any atom is -0.444 e. The van der Waals surface area contributed by atoms with Gasteiger partial charge in [0, 0.05) is 0 Å². The summed E-state index contributed by atoms with van der Waals surface area (Å²) in [6.45, 7) is 4.85. The molecular weight excluding hydrogens is 274 g/mol. The molecule has 2 rings (SSSR count). The van der Waals surface area contributed by atoms with Crippen LogP contribution < -0.4 is 5.32 Å². The lowest BCUT2D eigenvalue weighted by Gasteiger charge is -2.05. The van der Waals surface area contributed by atoms with Gasteiger partial charge < -0.3 is 14.2 Å². The number of hydrogen-bond acceptors (Lipinski definition) is 5. The zero-order valence-corrected chi connectivity index (χ0v) is 10.6. The highest BCUT2D eigenvalue weighted by molar-refractivity contribution is 9.10. The molecule has 0 fully saturated rings. The number of furan rings is 1. The fourth-order valence-corrected chi connectivity index (χ4v) is 1.64. The van der Waals surface area contributed by atoms with Gasteiger partial charge in [-0.05, 0) is 41.5 Å². The molecule has 2 aromatic heterocycles. The highest BCUT2D eigenvalue weighted by atomic mass is 79.9. The van der Waals surface area contributed by atoms with E-state index in [9.17, 15) is 0 Å². The van der Waals surface area contributed by atoms with Gasteiger partial charge in [0.15, 0.2) is 10.4 Å². The van der Waals surface area contributed by atoms with Crippen molar-refractivity contribution in [2.45, 2.75) is 19.9 Å². The van der Waals surface area contributed by atoms with E-state index in [1.165, 1.54) is 0 Å². The molecule has 16 heavy (non-hydrogen) atoms. The zero-order valence-electron chi connectivity index (χ0n) is 9.03. The Bertz CT molecular complexity index is 466. The molecular formula is C10H12BrN3O2. The van der Waals surface area contributed by atoms with Crippen molar-refractivity contribution in [3.8, 4) is 11.7 Å².